The summed E-state index contributed by atoms with van der Waals surface area (Å²) in [7, 11) is 3.41. The lowest BCUT2D eigenvalue weighted by molar-refractivity contribution is -0.625. The van der Waals surface area contributed by atoms with Crippen LogP contribution in [0.25, 0.3) is 0 Å². The lowest BCUT2D eigenvalue weighted by atomic mass is 9.74. The Balaban J connectivity index is 2.21. The van der Waals surface area contributed by atoms with Gasteiger partial charge >= 0.3 is 5.17 Å². The number of methoxy groups -OCH3 is 2. The van der Waals surface area contributed by atoms with Gasteiger partial charge in [0.2, 0.25) is 0 Å². The number of hydrogen-bond acceptors (Lipinski definition) is 4. The van der Waals surface area contributed by atoms with Gasteiger partial charge in [0.25, 0.3) is 0 Å². The van der Waals surface area contributed by atoms with E-state index in [2.05, 4.69) is 49.1 Å². The molecule has 0 bridgehead atoms. The maximum Gasteiger partial charge on any atom is 0.307 e. The van der Waals surface area contributed by atoms with E-state index in [0.717, 1.165) is 30.9 Å². The fraction of sp³-hybridized carbons (Fsp3) is 0.611. The number of thioether (sulfide) groups is 1. The second-order valence-corrected chi connectivity index (χ2v) is 8.03. The zero-order valence-electron chi connectivity index (χ0n) is 14.9. The first kappa shape index (κ1) is 16.5. The van der Waals surface area contributed by atoms with Crippen LogP contribution >= 0.6 is 11.8 Å². The molecule has 2 aliphatic heterocycles. The van der Waals surface area contributed by atoms with Crippen molar-refractivity contribution < 1.29 is 14.0 Å². The van der Waals surface area contributed by atoms with Gasteiger partial charge in [0.15, 0.2) is 11.5 Å². The minimum Gasteiger partial charge on any atom is -0.493 e. The first-order valence-corrected chi connectivity index (χ1v) is 9.29. The second kappa shape index (κ2) is 5.62. The van der Waals surface area contributed by atoms with Crippen LogP contribution < -0.4 is 14.8 Å². The van der Waals surface area contributed by atoms with Crippen molar-refractivity contribution in [3.8, 4) is 11.5 Å². The van der Waals surface area contributed by atoms with Crippen LogP contribution in [-0.2, 0) is 12.0 Å². The van der Waals surface area contributed by atoms with Crippen LogP contribution in [-0.4, -0.2) is 42.3 Å². The van der Waals surface area contributed by atoms with E-state index in [4.69, 9.17) is 9.47 Å². The standard InChI is InChI=1S/C18H26N2O2S/c1-17(2)11-18(3)13-10-15(22-5)14(21-4)9-12(13)7-8-20(18)16(19-17)23-6/h9-10H,7-8,11H2,1-6H3/p+1/t18-/m1/s1. The first-order valence-electron chi connectivity index (χ1n) is 8.07. The van der Waals surface area contributed by atoms with E-state index in [1.54, 1.807) is 26.0 Å². The number of nitrogens with one attached hydrogen (secondary N) is 1. The number of benzene rings is 1. The minimum atomic E-state index is -0.0276. The van der Waals surface area contributed by atoms with Crippen LogP contribution in [0, 0.1) is 0 Å². The average molecular weight is 335 g/mol. The Kier molecular flexibility index (Phi) is 4.03. The molecule has 1 aromatic rings. The summed E-state index contributed by atoms with van der Waals surface area (Å²) in [5, 5.41) is 4.97. The van der Waals surface area contributed by atoms with Crippen molar-refractivity contribution in [1.82, 2.24) is 5.32 Å². The lowest BCUT2D eigenvalue weighted by Crippen LogP contribution is -2.61. The third kappa shape index (κ3) is 2.59. The monoisotopic (exact) mass is 335 g/mol. The molecule has 5 heteroatoms. The predicted molar refractivity (Wildman–Crippen MR) is 96.1 cm³/mol. The Morgan fingerprint density at radius 1 is 1.13 bits per heavy atom. The molecule has 0 amide bonds. The van der Waals surface area contributed by atoms with E-state index >= 15 is 0 Å². The number of ether oxygens (including phenoxy) is 2. The van der Waals surface area contributed by atoms with Gasteiger partial charge in [-0.1, -0.05) is 0 Å². The molecule has 1 aromatic carbocycles. The molecule has 1 atom stereocenters. The third-order valence-electron chi connectivity index (χ3n) is 5.06. The number of amidine groups is 1. The minimum absolute atomic E-state index is 0.0276. The Hall–Kier alpha value is -1.36. The molecule has 0 fully saturated rings. The van der Waals surface area contributed by atoms with Crippen molar-refractivity contribution in [2.45, 2.75) is 44.7 Å². The molecule has 4 nitrogen and oxygen atoms in total. The highest BCUT2D eigenvalue weighted by atomic mass is 32.2. The fourth-order valence-electron chi connectivity index (χ4n) is 4.19. The summed E-state index contributed by atoms with van der Waals surface area (Å²) < 4.78 is 13.6. The van der Waals surface area contributed by atoms with E-state index in [1.165, 1.54) is 16.3 Å². The molecule has 0 aliphatic carbocycles. The molecule has 2 aliphatic rings. The van der Waals surface area contributed by atoms with Crippen LogP contribution in [0.5, 0.6) is 11.5 Å². The zero-order valence-corrected chi connectivity index (χ0v) is 15.8. The molecule has 2 heterocycles. The van der Waals surface area contributed by atoms with E-state index in [9.17, 15) is 0 Å². The van der Waals surface area contributed by atoms with E-state index < -0.39 is 0 Å². The van der Waals surface area contributed by atoms with E-state index in [-0.39, 0.29) is 11.1 Å². The Bertz CT molecular complexity index is 669. The molecule has 0 aromatic heterocycles. The summed E-state index contributed by atoms with van der Waals surface area (Å²) in [6, 6.07) is 4.34. The van der Waals surface area contributed by atoms with Gasteiger partial charge in [0.1, 0.15) is 11.1 Å². The van der Waals surface area contributed by atoms with Crippen LogP contribution in [0.4, 0.5) is 0 Å². The third-order valence-corrected chi connectivity index (χ3v) is 5.77. The molecular weight excluding hydrogens is 308 g/mol. The van der Waals surface area contributed by atoms with Crippen molar-refractivity contribution in [2.75, 3.05) is 27.0 Å². The highest BCUT2D eigenvalue weighted by Gasteiger charge is 2.50. The van der Waals surface area contributed by atoms with Gasteiger partial charge in [0, 0.05) is 18.4 Å². The maximum atomic E-state index is 5.56. The van der Waals surface area contributed by atoms with Gasteiger partial charge in [-0.15, -0.1) is 0 Å². The molecule has 0 unspecified atom stereocenters. The topological polar surface area (TPSA) is 33.5 Å². The Morgan fingerprint density at radius 3 is 2.39 bits per heavy atom. The van der Waals surface area contributed by atoms with Crippen LogP contribution in [0.1, 0.15) is 38.3 Å². The summed E-state index contributed by atoms with van der Waals surface area (Å²) in [5.41, 5.74) is 2.77. The summed E-state index contributed by atoms with van der Waals surface area (Å²) in [4.78, 5) is 0. The van der Waals surface area contributed by atoms with Gasteiger partial charge in [-0.05, 0) is 56.5 Å². The van der Waals surface area contributed by atoms with Crippen LogP contribution in [0.2, 0.25) is 0 Å². The highest BCUT2D eigenvalue weighted by molar-refractivity contribution is 8.13. The lowest BCUT2D eigenvalue weighted by Gasteiger charge is -2.45. The fourth-order valence-corrected chi connectivity index (χ4v) is 5.08. The second-order valence-electron chi connectivity index (χ2n) is 7.23. The molecule has 0 saturated heterocycles. The van der Waals surface area contributed by atoms with Crippen molar-refractivity contribution in [3.05, 3.63) is 23.3 Å². The SMILES string of the molecule is COc1cc2c(cc1OC)[C@@]1(C)CC(C)(C)NC(SC)=[N+]1CC2. The molecule has 0 spiro atoms. The Morgan fingerprint density at radius 2 is 1.78 bits per heavy atom. The molecular formula is C18H27N2O2S+. The normalized spacial score (nSPS) is 25.3. The highest BCUT2D eigenvalue weighted by Crippen LogP contribution is 2.45. The van der Waals surface area contributed by atoms with E-state index in [0.29, 0.717) is 0 Å². The van der Waals surface area contributed by atoms with Crippen LogP contribution in [0.15, 0.2) is 12.1 Å². The number of nitrogens with zero attached hydrogens (tertiary/aromatic N) is 1. The summed E-state index contributed by atoms with van der Waals surface area (Å²) in [5.74, 6) is 1.64. The first-order chi connectivity index (χ1) is 10.8. The average Bonchev–Trinajstić information content (AvgIpc) is 2.51. The quantitative estimate of drug-likeness (QED) is 0.843. The van der Waals surface area contributed by atoms with Gasteiger partial charge < -0.3 is 9.47 Å². The summed E-state index contributed by atoms with van der Waals surface area (Å²) in [6.45, 7) is 7.94. The van der Waals surface area contributed by atoms with Crippen molar-refractivity contribution in [1.29, 1.82) is 0 Å². The maximum absolute atomic E-state index is 5.56. The summed E-state index contributed by atoms with van der Waals surface area (Å²) >= 11 is 1.80. The van der Waals surface area contributed by atoms with Crippen LogP contribution in [0.3, 0.4) is 0 Å². The van der Waals surface area contributed by atoms with Crippen molar-refractivity contribution in [3.63, 3.8) is 0 Å². The van der Waals surface area contributed by atoms with Gasteiger partial charge in [-0.3, -0.25) is 5.32 Å². The molecule has 23 heavy (non-hydrogen) atoms. The van der Waals surface area contributed by atoms with Gasteiger partial charge in [-0.2, -0.15) is 0 Å². The van der Waals surface area contributed by atoms with Crippen molar-refractivity contribution >= 4 is 16.9 Å². The number of rotatable bonds is 2. The number of hydrogen-bond donors (Lipinski definition) is 1. The largest absolute Gasteiger partial charge is 0.493 e. The Labute approximate surface area is 143 Å². The molecule has 0 radical (unpaired) electrons. The van der Waals surface area contributed by atoms with Gasteiger partial charge in [-0.25, -0.2) is 4.58 Å². The molecule has 126 valence electrons. The smallest absolute Gasteiger partial charge is 0.307 e. The molecule has 3 rings (SSSR count). The molecule has 0 saturated carbocycles. The van der Waals surface area contributed by atoms with Crippen molar-refractivity contribution in [2.24, 2.45) is 0 Å². The predicted octanol–water partition coefficient (Wildman–Crippen LogP) is 2.98. The molecule has 1 N–H and O–H groups in total. The van der Waals surface area contributed by atoms with E-state index in [1.807, 2.05) is 0 Å². The zero-order chi connectivity index (χ0) is 16.8. The van der Waals surface area contributed by atoms with Gasteiger partial charge in [0.05, 0.1) is 20.8 Å². The summed E-state index contributed by atoms with van der Waals surface area (Å²) in [6.07, 6.45) is 4.22. The number of fused-ring (bicyclic) bond motifs is 3.